The van der Waals surface area contributed by atoms with Crippen molar-refractivity contribution in [1.82, 2.24) is 0 Å². The number of ether oxygens (including phenoxy) is 2. The second-order valence-electron chi connectivity index (χ2n) is 3.98. The quantitative estimate of drug-likeness (QED) is 0.249. The summed E-state index contributed by atoms with van der Waals surface area (Å²) in [7, 11) is 1.23. The van der Waals surface area contributed by atoms with Gasteiger partial charge < -0.3 is 9.47 Å². The van der Waals surface area contributed by atoms with E-state index in [0.717, 1.165) is 0 Å². The Morgan fingerprint density at radius 3 is 2.60 bits per heavy atom. The van der Waals surface area contributed by atoms with E-state index in [2.05, 4.69) is 4.74 Å². The molecule has 0 atom stereocenters. The van der Waals surface area contributed by atoms with Gasteiger partial charge in [0.2, 0.25) is 6.54 Å². The number of nitrogens with zero attached hydrogens (tertiary/aromatic N) is 1. The number of hydrogen-bond acceptors (Lipinski definition) is 6. The molecule has 0 aliphatic carbocycles. The molecule has 0 aromatic heterocycles. The standard InChI is InChI=1S/C13H15NO6/c1-19-13(16)10-6-2-3-7-11(10)20-12(15)8-4-5-9-14(17)18/h2-3,6-7H,4-5,8-9H2,1H3. The summed E-state index contributed by atoms with van der Waals surface area (Å²) in [4.78, 5) is 32.7. The molecule has 0 spiro atoms. The average molecular weight is 281 g/mol. The topological polar surface area (TPSA) is 95.7 Å². The number of benzene rings is 1. The normalized spacial score (nSPS) is 9.85. The van der Waals surface area contributed by atoms with E-state index in [1.165, 1.54) is 19.2 Å². The van der Waals surface area contributed by atoms with Crippen molar-refractivity contribution in [2.45, 2.75) is 19.3 Å². The maximum atomic E-state index is 11.6. The van der Waals surface area contributed by atoms with E-state index < -0.39 is 16.9 Å². The minimum atomic E-state index is -0.596. The van der Waals surface area contributed by atoms with Crippen molar-refractivity contribution in [3.05, 3.63) is 39.9 Å². The second kappa shape index (κ2) is 7.88. The van der Waals surface area contributed by atoms with Crippen LogP contribution in [0.5, 0.6) is 5.75 Å². The van der Waals surface area contributed by atoms with E-state index in [-0.39, 0.29) is 24.3 Å². The number of carbonyl (C=O) groups excluding carboxylic acids is 2. The number of carbonyl (C=O) groups is 2. The fraction of sp³-hybridized carbons (Fsp3) is 0.385. The lowest BCUT2D eigenvalue weighted by atomic mass is 10.2. The number of para-hydroxylation sites is 1. The summed E-state index contributed by atoms with van der Waals surface area (Å²) < 4.78 is 9.64. The fourth-order valence-corrected chi connectivity index (χ4v) is 1.52. The fourth-order valence-electron chi connectivity index (χ4n) is 1.52. The van der Waals surface area contributed by atoms with E-state index in [1.807, 2.05) is 0 Å². The van der Waals surface area contributed by atoms with Gasteiger partial charge in [0, 0.05) is 17.8 Å². The Labute approximate surface area is 115 Å². The molecule has 0 fully saturated rings. The Bertz CT molecular complexity index is 499. The van der Waals surface area contributed by atoms with Gasteiger partial charge >= 0.3 is 11.9 Å². The molecule has 0 unspecified atom stereocenters. The Morgan fingerprint density at radius 1 is 1.25 bits per heavy atom. The van der Waals surface area contributed by atoms with Crippen LogP contribution < -0.4 is 4.74 Å². The van der Waals surface area contributed by atoms with Crippen LogP contribution in [-0.2, 0) is 9.53 Å². The molecule has 0 aliphatic rings. The Hall–Kier alpha value is -2.44. The molecule has 0 amide bonds. The molecule has 1 rings (SSSR count). The summed E-state index contributed by atoms with van der Waals surface area (Å²) in [5, 5.41) is 10.1. The highest BCUT2D eigenvalue weighted by atomic mass is 16.6. The SMILES string of the molecule is COC(=O)c1ccccc1OC(=O)CCCC[N+](=O)[O-]. The highest BCUT2D eigenvalue weighted by Crippen LogP contribution is 2.19. The molecule has 1 aromatic carbocycles. The highest BCUT2D eigenvalue weighted by molar-refractivity contribution is 5.93. The lowest BCUT2D eigenvalue weighted by Crippen LogP contribution is -2.12. The summed E-state index contributed by atoms with van der Waals surface area (Å²) in [5.74, 6) is -1.01. The summed E-state index contributed by atoms with van der Waals surface area (Å²) >= 11 is 0. The first-order valence-corrected chi connectivity index (χ1v) is 6.04. The molecular formula is C13H15NO6. The predicted octanol–water partition coefficient (Wildman–Crippen LogP) is 1.83. The zero-order chi connectivity index (χ0) is 15.0. The van der Waals surface area contributed by atoms with Crippen LogP contribution in [0.3, 0.4) is 0 Å². The molecular weight excluding hydrogens is 266 g/mol. The molecule has 20 heavy (non-hydrogen) atoms. The van der Waals surface area contributed by atoms with E-state index in [4.69, 9.17) is 4.74 Å². The van der Waals surface area contributed by atoms with Crippen LogP contribution in [0.25, 0.3) is 0 Å². The van der Waals surface area contributed by atoms with Crippen molar-refractivity contribution in [1.29, 1.82) is 0 Å². The van der Waals surface area contributed by atoms with E-state index >= 15 is 0 Å². The Balaban J connectivity index is 2.53. The van der Waals surface area contributed by atoms with Gasteiger partial charge in [-0.05, 0) is 18.6 Å². The van der Waals surface area contributed by atoms with Gasteiger partial charge in [0.15, 0.2) is 0 Å². The number of hydrogen-bond donors (Lipinski definition) is 0. The number of rotatable bonds is 7. The van der Waals surface area contributed by atoms with Crippen molar-refractivity contribution in [3.63, 3.8) is 0 Å². The third-order valence-corrected chi connectivity index (χ3v) is 2.49. The number of esters is 2. The van der Waals surface area contributed by atoms with Crippen LogP contribution in [-0.4, -0.2) is 30.5 Å². The molecule has 108 valence electrons. The third kappa shape index (κ3) is 5.05. The first kappa shape index (κ1) is 15.6. The van der Waals surface area contributed by atoms with Crippen LogP contribution in [0.2, 0.25) is 0 Å². The van der Waals surface area contributed by atoms with Crippen LogP contribution in [0.15, 0.2) is 24.3 Å². The summed E-state index contributed by atoms with van der Waals surface area (Å²) in [6, 6.07) is 6.23. The minimum absolute atomic E-state index is 0.0589. The maximum absolute atomic E-state index is 11.6. The monoisotopic (exact) mass is 281 g/mol. The molecule has 0 saturated heterocycles. The van der Waals surface area contributed by atoms with Crippen molar-refractivity contribution in [3.8, 4) is 5.75 Å². The minimum Gasteiger partial charge on any atom is -0.465 e. The van der Waals surface area contributed by atoms with Crippen LogP contribution in [0, 0.1) is 10.1 Å². The molecule has 7 nitrogen and oxygen atoms in total. The summed E-state index contributed by atoms with van der Waals surface area (Å²) in [5.41, 5.74) is 0.161. The highest BCUT2D eigenvalue weighted by Gasteiger charge is 2.15. The number of methoxy groups -OCH3 is 1. The number of unbranched alkanes of at least 4 members (excludes halogenated alkanes) is 1. The summed E-state index contributed by atoms with van der Waals surface area (Å²) in [6.45, 7) is -0.175. The van der Waals surface area contributed by atoms with Gasteiger partial charge in [0.05, 0.1) is 7.11 Å². The Kier molecular flexibility index (Phi) is 6.15. The van der Waals surface area contributed by atoms with Gasteiger partial charge in [-0.15, -0.1) is 0 Å². The molecule has 0 heterocycles. The average Bonchev–Trinajstić information content (AvgIpc) is 2.43. The second-order valence-corrected chi connectivity index (χ2v) is 3.98. The van der Waals surface area contributed by atoms with E-state index in [9.17, 15) is 19.7 Å². The van der Waals surface area contributed by atoms with Gasteiger partial charge in [-0.3, -0.25) is 14.9 Å². The first-order valence-electron chi connectivity index (χ1n) is 6.04. The van der Waals surface area contributed by atoms with Crippen molar-refractivity contribution in [2.75, 3.05) is 13.7 Å². The molecule has 1 aromatic rings. The van der Waals surface area contributed by atoms with Crippen molar-refractivity contribution in [2.24, 2.45) is 0 Å². The van der Waals surface area contributed by atoms with E-state index in [0.29, 0.717) is 12.8 Å². The van der Waals surface area contributed by atoms with Gasteiger partial charge in [-0.1, -0.05) is 12.1 Å². The zero-order valence-electron chi connectivity index (χ0n) is 11.0. The molecule has 0 saturated carbocycles. The smallest absolute Gasteiger partial charge is 0.341 e. The van der Waals surface area contributed by atoms with Gasteiger partial charge in [0.25, 0.3) is 0 Å². The molecule has 0 bridgehead atoms. The van der Waals surface area contributed by atoms with Crippen LogP contribution in [0.4, 0.5) is 0 Å². The first-order chi connectivity index (χ1) is 9.54. The van der Waals surface area contributed by atoms with E-state index in [1.54, 1.807) is 12.1 Å². The lowest BCUT2D eigenvalue weighted by molar-refractivity contribution is -0.480. The number of nitro groups is 1. The molecule has 0 radical (unpaired) electrons. The largest absolute Gasteiger partial charge is 0.465 e. The van der Waals surface area contributed by atoms with Crippen LogP contribution >= 0.6 is 0 Å². The predicted molar refractivity (Wildman–Crippen MR) is 69.1 cm³/mol. The van der Waals surface area contributed by atoms with Crippen molar-refractivity contribution >= 4 is 11.9 Å². The van der Waals surface area contributed by atoms with Crippen LogP contribution in [0.1, 0.15) is 29.6 Å². The van der Waals surface area contributed by atoms with Gasteiger partial charge in [0.1, 0.15) is 11.3 Å². The zero-order valence-corrected chi connectivity index (χ0v) is 11.0. The molecule has 0 N–H and O–H groups in total. The van der Waals surface area contributed by atoms with Crippen molar-refractivity contribution < 1.29 is 24.0 Å². The third-order valence-electron chi connectivity index (χ3n) is 2.49. The maximum Gasteiger partial charge on any atom is 0.341 e. The lowest BCUT2D eigenvalue weighted by Gasteiger charge is -2.08. The molecule has 0 aliphatic heterocycles. The van der Waals surface area contributed by atoms with Gasteiger partial charge in [-0.25, -0.2) is 4.79 Å². The summed E-state index contributed by atoms with van der Waals surface area (Å²) in [6.07, 6.45) is 0.726. The molecule has 7 heteroatoms. The van der Waals surface area contributed by atoms with Gasteiger partial charge in [-0.2, -0.15) is 0 Å². The Morgan fingerprint density at radius 2 is 1.95 bits per heavy atom.